The van der Waals surface area contributed by atoms with Crippen molar-refractivity contribution in [2.45, 2.75) is 18.3 Å². The molecular formula is C23H24ClN3. The number of nitrogens with one attached hydrogen (secondary N) is 1. The lowest BCUT2D eigenvalue weighted by Gasteiger charge is -2.20. The Morgan fingerprint density at radius 2 is 1.85 bits per heavy atom. The van der Waals surface area contributed by atoms with Gasteiger partial charge in [-0.15, -0.1) is 0 Å². The standard InChI is InChI=1S/C23H24ClN3/c1-27(2)19-7-5-6-18(15-19)26-16-23(11-12-23)17-10-13-25-22(14-17)20-8-3-4-9-21(20)24/h3-10,13-15,26H,11-12,16H2,1-2H3. The fraction of sp³-hybridized carbons (Fsp3) is 0.261. The average molecular weight is 378 g/mol. The molecule has 4 rings (SSSR count). The highest BCUT2D eigenvalue weighted by molar-refractivity contribution is 6.33. The van der Waals surface area contributed by atoms with Gasteiger partial charge in [0.25, 0.3) is 0 Å². The van der Waals surface area contributed by atoms with E-state index >= 15 is 0 Å². The van der Waals surface area contributed by atoms with E-state index in [1.165, 1.54) is 24.1 Å². The van der Waals surface area contributed by atoms with E-state index in [0.717, 1.165) is 28.5 Å². The van der Waals surface area contributed by atoms with Crippen LogP contribution in [0.25, 0.3) is 11.3 Å². The Morgan fingerprint density at radius 3 is 2.59 bits per heavy atom. The van der Waals surface area contributed by atoms with Gasteiger partial charge in [-0.1, -0.05) is 35.9 Å². The molecule has 2 aromatic carbocycles. The van der Waals surface area contributed by atoms with Gasteiger partial charge in [-0.05, 0) is 54.8 Å². The van der Waals surface area contributed by atoms with Crippen LogP contribution in [0.15, 0.2) is 66.9 Å². The molecule has 0 spiro atoms. The molecule has 138 valence electrons. The summed E-state index contributed by atoms with van der Waals surface area (Å²) in [5, 5.41) is 4.38. The smallest absolute Gasteiger partial charge is 0.0719 e. The Bertz CT molecular complexity index is 948. The molecule has 1 fully saturated rings. The molecule has 1 heterocycles. The maximum absolute atomic E-state index is 6.37. The van der Waals surface area contributed by atoms with Gasteiger partial charge in [-0.3, -0.25) is 4.98 Å². The number of rotatable bonds is 6. The molecule has 0 atom stereocenters. The molecular weight excluding hydrogens is 354 g/mol. The first kappa shape index (κ1) is 17.9. The summed E-state index contributed by atoms with van der Waals surface area (Å²) in [6.07, 6.45) is 4.29. The molecule has 0 aliphatic heterocycles. The molecule has 27 heavy (non-hydrogen) atoms. The summed E-state index contributed by atoms with van der Waals surface area (Å²) in [6.45, 7) is 0.926. The van der Waals surface area contributed by atoms with Crippen LogP contribution >= 0.6 is 11.6 Å². The predicted octanol–water partition coefficient (Wildman–Crippen LogP) is 5.61. The Hall–Kier alpha value is -2.52. The summed E-state index contributed by atoms with van der Waals surface area (Å²) in [7, 11) is 4.13. The zero-order valence-corrected chi connectivity index (χ0v) is 16.5. The number of hydrogen-bond donors (Lipinski definition) is 1. The van der Waals surface area contributed by atoms with Gasteiger partial charge in [0.15, 0.2) is 0 Å². The van der Waals surface area contributed by atoms with E-state index in [1.54, 1.807) is 0 Å². The van der Waals surface area contributed by atoms with Crippen molar-refractivity contribution in [1.29, 1.82) is 0 Å². The summed E-state index contributed by atoms with van der Waals surface area (Å²) in [6, 6.07) is 20.8. The Kier molecular flexibility index (Phi) is 4.79. The number of nitrogens with zero attached hydrogens (tertiary/aromatic N) is 2. The van der Waals surface area contributed by atoms with Gasteiger partial charge in [0, 0.05) is 54.2 Å². The Balaban J connectivity index is 1.54. The number of anilines is 2. The first-order chi connectivity index (χ1) is 13.1. The average Bonchev–Trinajstić information content (AvgIpc) is 3.48. The van der Waals surface area contributed by atoms with Crippen LogP contribution in [0.4, 0.5) is 11.4 Å². The molecule has 1 aromatic heterocycles. The van der Waals surface area contributed by atoms with Crippen molar-refractivity contribution < 1.29 is 0 Å². The third-order valence-electron chi connectivity index (χ3n) is 5.37. The van der Waals surface area contributed by atoms with Crippen molar-refractivity contribution in [2.24, 2.45) is 0 Å². The first-order valence-electron chi connectivity index (χ1n) is 9.30. The summed E-state index contributed by atoms with van der Waals surface area (Å²) >= 11 is 6.37. The van der Waals surface area contributed by atoms with Gasteiger partial charge >= 0.3 is 0 Å². The van der Waals surface area contributed by atoms with Crippen LogP contribution in [0.5, 0.6) is 0 Å². The number of aromatic nitrogens is 1. The van der Waals surface area contributed by atoms with Gasteiger partial charge < -0.3 is 10.2 Å². The van der Waals surface area contributed by atoms with Gasteiger partial charge in [-0.25, -0.2) is 0 Å². The lowest BCUT2D eigenvalue weighted by atomic mass is 9.95. The molecule has 3 aromatic rings. The minimum absolute atomic E-state index is 0.188. The maximum atomic E-state index is 6.37. The number of benzene rings is 2. The number of pyridine rings is 1. The van der Waals surface area contributed by atoms with E-state index in [0.29, 0.717) is 0 Å². The third kappa shape index (κ3) is 3.79. The van der Waals surface area contributed by atoms with Crippen LogP contribution in [0.2, 0.25) is 5.02 Å². The van der Waals surface area contributed by atoms with Crippen LogP contribution < -0.4 is 10.2 Å². The zero-order valence-electron chi connectivity index (χ0n) is 15.7. The second kappa shape index (κ2) is 7.24. The van der Waals surface area contributed by atoms with E-state index in [2.05, 4.69) is 65.7 Å². The quantitative estimate of drug-likeness (QED) is 0.605. The number of hydrogen-bond acceptors (Lipinski definition) is 3. The predicted molar refractivity (Wildman–Crippen MR) is 115 cm³/mol. The topological polar surface area (TPSA) is 28.2 Å². The van der Waals surface area contributed by atoms with Crippen LogP contribution in [-0.4, -0.2) is 25.6 Å². The van der Waals surface area contributed by atoms with E-state index < -0.39 is 0 Å². The van der Waals surface area contributed by atoms with Crippen LogP contribution in [0, 0.1) is 0 Å². The van der Waals surface area contributed by atoms with Gasteiger partial charge in [0.2, 0.25) is 0 Å². The van der Waals surface area contributed by atoms with Gasteiger partial charge in [-0.2, -0.15) is 0 Å². The highest BCUT2D eigenvalue weighted by Gasteiger charge is 2.44. The Morgan fingerprint density at radius 1 is 1.04 bits per heavy atom. The molecule has 1 aliphatic carbocycles. The lowest BCUT2D eigenvalue weighted by Crippen LogP contribution is -2.20. The minimum Gasteiger partial charge on any atom is -0.384 e. The molecule has 1 saturated carbocycles. The third-order valence-corrected chi connectivity index (χ3v) is 5.70. The fourth-order valence-electron chi connectivity index (χ4n) is 3.46. The van der Waals surface area contributed by atoms with Crippen LogP contribution in [0.1, 0.15) is 18.4 Å². The van der Waals surface area contributed by atoms with Crippen molar-refractivity contribution in [3.05, 3.63) is 77.4 Å². The normalized spacial score (nSPS) is 14.6. The highest BCUT2D eigenvalue weighted by Crippen LogP contribution is 2.48. The molecule has 1 aliphatic rings. The summed E-state index contributed by atoms with van der Waals surface area (Å²) in [4.78, 5) is 6.67. The van der Waals surface area contributed by atoms with Gasteiger partial charge in [0.05, 0.1) is 5.69 Å². The molecule has 0 radical (unpaired) electrons. The monoisotopic (exact) mass is 377 g/mol. The second-order valence-electron chi connectivity index (χ2n) is 7.49. The molecule has 1 N–H and O–H groups in total. The van der Waals surface area contributed by atoms with E-state index in [-0.39, 0.29) is 5.41 Å². The fourth-order valence-corrected chi connectivity index (χ4v) is 3.69. The molecule has 3 nitrogen and oxygen atoms in total. The molecule has 0 bridgehead atoms. The molecule has 0 amide bonds. The Labute approximate surface area is 166 Å². The maximum Gasteiger partial charge on any atom is 0.0719 e. The molecule has 0 unspecified atom stereocenters. The van der Waals surface area contributed by atoms with E-state index in [9.17, 15) is 0 Å². The van der Waals surface area contributed by atoms with Crippen LogP contribution in [0.3, 0.4) is 0 Å². The minimum atomic E-state index is 0.188. The van der Waals surface area contributed by atoms with Crippen molar-refractivity contribution in [2.75, 3.05) is 30.9 Å². The summed E-state index contributed by atoms with van der Waals surface area (Å²) < 4.78 is 0. The van der Waals surface area contributed by atoms with Crippen LogP contribution in [-0.2, 0) is 5.41 Å². The number of halogens is 1. The lowest BCUT2D eigenvalue weighted by molar-refractivity contribution is 0.731. The zero-order chi connectivity index (χ0) is 18.9. The molecule has 0 saturated heterocycles. The van der Waals surface area contributed by atoms with Crippen molar-refractivity contribution in [1.82, 2.24) is 4.98 Å². The summed E-state index contributed by atoms with van der Waals surface area (Å²) in [5.41, 5.74) is 5.82. The molecule has 4 heteroatoms. The largest absolute Gasteiger partial charge is 0.384 e. The van der Waals surface area contributed by atoms with Gasteiger partial charge in [0.1, 0.15) is 0 Å². The van der Waals surface area contributed by atoms with E-state index in [1.807, 2.05) is 30.5 Å². The SMILES string of the molecule is CN(C)c1cccc(NCC2(c3ccnc(-c4ccccc4Cl)c3)CC2)c1. The van der Waals surface area contributed by atoms with Crippen molar-refractivity contribution in [3.63, 3.8) is 0 Å². The van der Waals surface area contributed by atoms with E-state index in [4.69, 9.17) is 11.6 Å². The van der Waals surface area contributed by atoms with Crippen molar-refractivity contribution >= 4 is 23.0 Å². The first-order valence-corrected chi connectivity index (χ1v) is 9.68. The second-order valence-corrected chi connectivity index (χ2v) is 7.90. The highest BCUT2D eigenvalue weighted by atomic mass is 35.5. The van der Waals surface area contributed by atoms with Crippen molar-refractivity contribution in [3.8, 4) is 11.3 Å². The summed E-state index contributed by atoms with van der Waals surface area (Å²) in [5.74, 6) is 0.